The van der Waals surface area contributed by atoms with E-state index < -0.39 is 11.8 Å². The van der Waals surface area contributed by atoms with Crippen LogP contribution in [-0.4, -0.2) is 18.2 Å². The highest BCUT2D eigenvalue weighted by Gasteiger charge is 2.15. The topological polar surface area (TPSA) is 46.5 Å². The van der Waals surface area contributed by atoms with Crippen LogP contribution in [0.3, 0.4) is 0 Å². The summed E-state index contributed by atoms with van der Waals surface area (Å²) in [6.07, 6.45) is 0. The van der Waals surface area contributed by atoms with Gasteiger partial charge in [-0.25, -0.2) is 9.18 Å². The molecule has 3 nitrogen and oxygen atoms in total. The van der Waals surface area contributed by atoms with Crippen LogP contribution in [0.5, 0.6) is 5.75 Å². The molecule has 0 saturated carbocycles. The number of ether oxygens (including phenoxy) is 1. The Morgan fingerprint density at radius 3 is 2.77 bits per heavy atom. The van der Waals surface area contributed by atoms with Crippen LogP contribution in [0.4, 0.5) is 4.39 Å². The molecule has 0 radical (unpaired) electrons. The minimum Gasteiger partial charge on any atom is -0.508 e. The second kappa shape index (κ2) is 3.62. The maximum atomic E-state index is 12.8. The third-order valence-corrected chi connectivity index (χ3v) is 1.80. The number of carbonyl (C=O) groups excluding carboxylic acids is 1. The smallest absolute Gasteiger partial charge is 0.339 e. The molecule has 0 atom stereocenters. The standard InChI is InChI=1S/C8H6ClFO3/c1-13-8(12)5-2-4(11)3-6(10)7(5)9/h2-3,11H,1H3. The lowest BCUT2D eigenvalue weighted by atomic mass is 10.2. The van der Waals surface area contributed by atoms with Gasteiger partial charge in [0.2, 0.25) is 0 Å². The molecule has 0 aromatic heterocycles. The fourth-order valence-electron chi connectivity index (χ4n) is 0.833. The second-order valence-corrected chi connectivity index (χ2v) is 2.66. The maximum absolute atomic E-state index is 12.8. The summed E-state index contributed by atoms with van der Waals surface area (Å²) in [5, 5.41) is 8.60. The van der Waals surface area contributed by atoms with Crippen molar-refractivity contribution in [2.75, 3.05) is 7.11 Å². The first-order valence-electron chi connectivity index (χ1n) is 3.32. The number of hydrogen-bond acceptors (Lipinski definition) is 3. The zero-order chi connectivity index (χ0) is 10.0. The Balaban J connectivity index is 3.28. The van der Waals surface area contributed by atoms with E-state index >= 15 is 0 Å². The molecule has 0 fully saturated rings. The highest BCUT2D eigenvalue weighted by molar-refractivity contribution is 6.33. The number of benzene rings is 1. The van der Waals surface area contributed by atoms with E-state index in [-0.39, 0.29) is 16.3 Å². The van der Waals surface area contributed by atoms with Crippen LogP contribution in [0, 0.1) is 5.82 Å². The minimum atomic E-state index is -0.859. The Hall–Kier alpha value is -1.29. The van der Waals surface area contributed by atoms with Gasteiger partial charge < -0.3 is 9.84 Å². The average Bonchev–Trinajstić information content (AvgIpc) is 2.10. The van der Waals surface area contributed by atoms with E-state index in [1.807, 2.05) is 0 Å². The molecule has 0 aliphatic carbocycles. The van der Waals surface area contributed by atoms with E-state index in [1.165, 1.54) is 0 Å². The molecule has 1 rings (SSSR count). The second-order valence-electron chi connectivity index (χ2n) is 2.28. The van der Waals surface area contributed by atoms with Crippen LogP contribution in [0.1, 0.15) is 10.4 Å². The molecular weight excluding hydrogens is 199 g/mol. The van der Waals surface area contributed by atoms with Crippen molar-refractivity contribution >= 4 is 17.6 Å². The van der Waals surface area contributed by atoms with Gasteiger partial charge in [-0.3, -0.25) is 0 Å². The Kier molecular flexibility index (Phi) is 2.72. The largest absolute Gasteiger partial charge is 0.508 e. The maximum Gasteiger partial charge on any atom is 0.339 e. The van der Waals surface area contributed by atoms with Crippen LogP contribution in [0.15, 0.2) is 12.1 Å². The molecule has 5 heteroatoms. The van der Waals surface area contributed by atoms with Gasteiger partial charge in [-0.1, -0.05) is 11.6 Å². The Morgan fingerprint density at radius 1 is 1.62 bits per heavy atom. The van der Waals surface area contributed by atoms with Crippen LogP contribution in [0.25, 0.3) is 0 Å². The fourth-order valence-corrected chi connectivity index (χ4v) is 1.02. The van der Waals surface area contributed by atoms with Crippen molar-refractivity contribution in [3.05, 3.63) is 28.5 Å². The quantitative estimate of drug-likeness (QED) is 0.712. The van der Waals surface area contributed by atoms with Gasteiger partial charge in [0.1, 0.15) is 11.6 Å². The number of aromatic hydroxyl groups is 1. The number of phenolic OH excluding ortho intramolecular Hbond substituents is 1. The molecule has 0 saturated heterocycles. The number of esters is 1. The van der Waals surface area contributed by atoms with E-state index in [0.29, 0.717) is 0 Å². The summed E-state index contributed by atoms with van der Waals surface area (Å²) in [5.74, 6) is -2.02. The van der Waals surface area contributed by atoms with Crippen molar-refractivity contribution < 1.29 is 19.0 Å². The molecule has 1 N–H and O–H groups in total. The van der Waals surface area contributed by atoms with Gasteiger partial charge in [-0.15, -0.1) is 0 Å². The molecule has 0 spiro atoms. The van der Waals surface area contributed by atoms with Crippen molar-refractivity contribution in [2.24, 2.45) is 0 Å². The summed E-state index contributed by atoms with van der Waals surface area (Å²) in [5.41, 5.74) is -0.193. The number of phenols is 1. The molecule has 0 heterocycles. The number of rotatable bonds is 1. The predicted octanol–water partition coefficient (Wildman–Crippen LogP) is 1.97. The summed E-state index contributed by atoms with van der Waals surface area (Å²) >= 11 is 5.45. The van der Waals surface area contributed by atoms with Crippen LogP contribution >= 0.6 is 11.6 Å². The number of halogens is 2. The van der Waals surface area contributed by atoms with Crippen LogP contribution < -0.4 is 0 Å². The summed E-state index contributed by atoms with van der Waals surface area (Å²) in [7, 11) is 1.14. The molecule has 1 aromatic rings. The first kappa shape index (κ1) is 9.80. The summed E-state index contributed by atoms with van der Waals surface area (Å²) < 4.78 is 17.2. The lowest BCUT2D eigenvalue weighted by Crippen LogP contribution is -2.02. The van der Waals surface area contributed by atoms with Gasteiger partial charge in [-0.2, -0.15) is 0 Å². The van der Waals surface area contributed by atoms with Crippen LogP contribution in [0.2, 0.25) is 5.02 Å². The van der Waals surface area contributed by atoms with Gasteiger partial charge in [-0.05, 0) is 6.07 Å². The van der Waals surface area contributed by atoms with Gasteiger partial charge >= 0.3 is 5.97 Å². The Morgan fingerprint density at radius 2 is 2.23 bits per heavy atom. The van der Waals surface area contributed by atoms with E-state index in [2.05, 4.69) is 4.74 Å². The van der Waals surface area contributed by atoms with E-state index in [9.17, 15) is 9.18 Å². The van der Waals surface area contributed by atoms with Crippen LogP contribution in [-0.2, 0) is 4.74 Å². The normalized spacial score (nSPS) is 9.77. The van der Waals surface area contributed by atoms with Crippen molar-refractivity contribution in [1.82, 2.24) is 0 Å². The molecule has 0 aliphatic rings. The lowest BCUT2D eigenvalue weighted by molar-refractivity contribution is 0.0600. The molecule has 70 valence electrons. The zero-order valence-corrected chi connectivity index (χ0v) is 7.43. The summed E-state index contributed by atoms with van der Waals surface area (Å²) in [6.45, 7) is 0. The van der Waals surface area contributed by atoms with E-state index in [0.717, 1.165) is 19.2 Å². The monoisotopic (exact) mass is 204 g/mol. The predicted molar refractivity (Wildman–Crippen MR) is 44.4 cm³/mol. The molecule has 1 aromatic carbocycles. The first-order valence-corrected chi connectivity index (χ1v) is 3.70. The SMILES string of the molecule is COC(=O)c1cc(O)cc(F)c1Cl. The molecule has 0 amide bonds. The number of methoxy groups -OCH3 is 1. The average molecular weight is 205 g/mol. The summed E-state index contributed by atoms with van der Waals surface area (Å²) in [4.78, 5) is 11.0. The zero-order valence-electron chi connectivity index (χ0n) is 6.67. The lowest BCUT2D eigenvalue weighted by Gasteiger charge is -2.03. The van der Waals surface area contributed by atoms with Gasteiger partial charge in [0.25, 0.3) is 0 Å². The Labute approximate surface area is 78.7 Å². The highest BCUT2D eigenvalue weighted by atomic mass is 35.5. The van der Waals surface area contributed by atoms with Crippen molar-refractivity contribution in [3.63, 3.8) is 0 Å². The summed E-state index contributed by atoms with van der Waals surface area (Å²) in [6, 6.07) is 1.85. The van der Waals surface area contributed by atoms with Gasteiger partial charge in [0.15, 0.2) is 0 Å². The van der Waals surface area contributed by atoms with Gasteiger partial charge in [0.05, 0.1) is 17.7 Å². The first-order chi connectivity index (χ1) is 6.06. The van der Waals surface area contributed by atoms with Crippen molar-refractivity contribution in [1.29, 1.82) is 0 Å². The number of hydrogen-bond donors (Lipinski definition) is 1. The van der Waals surface area contributed by atoms with E-state index in [4.69, 9.17) is 16.7 Å². The molecule has 13 heavy (non-hydrogen) atoms. The third-order valence-electron chi connectivity index (χ3n) is 1.42. The van der Waals surface area contributed by atoms with Crippen molar-refractivity contribution in [2.45, 2.75) is 0 Å². The molecule has 0 aliphatic heterocycles. The van der Waals surface area contributed by atoms with Gasteiger partial charge in [0, 0.05) is 6.07 Å². The van der Waals surface area contributed by atoms with Crippen molar-refractivity contribution in [3.8, 4) is 5.75 Å². The molecule has 0 bridgehead atoms. The molecule has 0 unspecified atom stereocenters. The fraction of sp³-hybridized carbons (Fsp3) is 0.125. The third kappa shape index (κ3) is 1.89. The van der Waals surface area contributed by atoms with E-state index in [1.54, 1.807) is 0 Å². The minimum absolute atomic E-state index is 0.193. The number of carbonyl (C=O) groups is 1. The molecular formula is C8H6ClFO3. The highest BCUT2D eigenvalue weighted by Crippen LogP contribution is 2.25. The Bertz CT molecular complexity index is 351.